The number of fused-ring (bicyclic) bond motifs is 2. The number of carbonyl (C=O) groups excluding carboxylic acids is 1. The molecule has 156 valence electrons. The van der Waals surface area contributed by atoms with Crippen LogP contribution in [0.15, 0.2) is 30.3 Å². The van der Waals surface area contributed by atoms with Crippen molar-refractivity contribution in [2.75, 3.05) is 0 Å². The van der Waals surface area contributed by atoms with Gasteiger partial charge in [-0.2, -0.15) is 0 Å². The lowest BCUT2D eigenvalue weighted by atomic mass is 9.87. The van der Waals surface area contributed by atoms with Crippen LogP contribution in [0, 0.1) is 17.8 Å². The minimum atomic E-state index is -0.666. The van der Waals surface area contributed by atoms with Crippen molar-refractivity contribution in [2.45, 2.75) is 89.3 Å². The Morgan fingerprint density at radius 2 is 1.89 bits per heavy atom. The number of nitrogens with two attached hydrogens (primary N) is 1. The van der Waals surface area contributed by atoms with E-state index in [1.807, 2.05) is 30.3 Å². The zero-order valence-electron chi connectivity index (χ0n) is 17.6. The lowest BCUT2D eigenvalue weighted by molar-refractivity contribution is -0.128. The fourth-order valence-electron chi connectivity index (χ4n) is 5.11. The average Bonchev–Trinajstić information content (AvgIpc) is 3.25. The smallest absolute Gasteiger partial charge is 0.223 e. The van der Waals surface area contributed by atoms with Crippen LogP contribution in [0.2, 0.25) is 0 Å². The number of aliphatic hydroxyl groups is 1. The largest absolute Gasteiger partial charge is 0.391 e. The summed E-state index contributed by atoms with van der Waals surface area (Å²) in [4.78, 5) is 13.1. The number of amides is 1. The molecule has 3 atom stereocenters. The fraction of sp³-hybridized carbons (Fsp3) is 0.708. The highest BCUT2D eigenvalue weighted by Gasteiger charge is 2.46. The molecule has 4 heteroatoms. The predicted octanol–water partition coefficient (Wildman–Crippen LogP) is 3.81. The Hall–Kier alpha value is -1.39. The zero-order valence-corrected chi connectivity index (χ0v) is 17.6. The molecule has 2 fully saturated rings. The van der Waals surface area contributed by atoms with E-state index in [4.69, 9.17) is 5.73 Å². The van der Waals surface area contributed by atoms with Gasteiger partial charge in [0.15, 0.2) is 0 Å². The molecule has 1 aromatic carbocycles. The van der Waals surface area contributed by atoms with Crippen molar-refractivity contribution in [3.63, 3.8) is 0 Å². The Morgan fingerprint density at radius 3 is 2.46 bits per heavy atom. The lowest BCUT2D eigenvalue weighted by Crippen LogP contribution is -2.49. The molecule has 0 radical (unpaired) electrons. The maximum atomic E-state index is 13.1. The van der Waals surface area contributed by atoms with E-state index in [9.17, 15) is 9.90 Å². The van der Waals surface area contributed by atoms with E-state index in [1.165, 1.54) is 12.8 Å². The SMILES string of the molecule is CC(C)CC[C@H](C[C@H](O)[C@@H](N)Cc1ccccc1)C(=O)NC12CCC(CC1)C2. The number of hydrogen-bond donors (Lipinski definition) is 3. The Balaban J connectivity index is 1.59. The first kappa shape index (κ1) is 21.3. The molecule has 4 nitrogen and oxygen atoms in total. The number of benzene rings is 1. The third-order valence-corrected chi connectivity index (χ3v) is 6.93. The number of nitrogens with one attached hydrogen (secondary N) is 1. The molecule has 1 amide bonds. The Morgan fingerprint density at radius 1 is 1.21 bits per heavy atom. The highest BCUT2D eigenvalue weighted by molar-refractivity contribution is 5.79. The summed E-state index contributed by atoms with van der Waals surface area (Å²) >= 11 is 0. The average molecular weight is 387 g/mol. The van der Waals surface area contributed by atoms with Gasteiger partial charge in [0, 0.05) is 17.5 Å². The second-order valence-electron chi connectivity index (χ2n) is 9.74. The summed E-state index contributed by atoms with van der Waals surface area (Å²) in [5, 5.41) is 14.2. The molecule has 0 saturated heterocycles. The molecular weight excluding hydrogens is 348 g/mol. The molecule has 3 rings (SSSR count). The van der Waals surface area contributed by atoms with E-state index >= 15 is 0 Å². The van der Waals surface area contributed by atoms with Gasteiger partial charge in [0.05, 0.1) is 6.10 Å². The first-order valence-electron chi connectivity index (χ1n) is 11.2. The monoisotopic (exact) mass is 386 g/mol. The predicted molar refractivity (Wildman–Crippen MR) is 114 cm³/mol. The molecule has 0 aromatic heterocycles. The van der Waals surface area contributed by atoms with E-state index in [0.717, 1.165) is 43.6 Å². The van der Waals surface area contributed by atoms with Gasteiger partial charge < -0.3 is 16.2 Å². The van der Waals surface area contributed by atoms with Crippen molar-refractivity contribution in [1.82, 2.24) is 5.32 Å². The van der Waals surface area contributed by atoms with E-state index in [0.29, 0.717) is 18.8 Å². The van der Waals surface area contributed by atoms with Gasteiger partial charge in [-0.3, -0.25) is 4.79 Å². The van der Waals surface area contributed by atoms with Crippen LogP contribution in [-0.2, 0) is 11.2 Å². The standard InChI is InChI=1S/C24H38N2O2/c1-17(2)8-9-20(23(28)26-24-12-10-19(16-24)11-13-24)15-22(27)21(25)14-18-6-4-3-5-7-18/h3-7,17,19-22,27H,8-16,25H2,1-2H3,(H,26,28)/t19?,20-,21+,22+,24?/m1/s1. The van der Waals surface area contributed by atoms with Crippen LogP contribution >= 0.6 is 0 Å². The molecule has 0 heterocycles. The normalized spacial score (nSPS) is 27.0. The first-order valence-corrected chi connectivity index (χ1v) is 11.2. The molecular formula is C24H38N2O2. The third kappa shape index (κ3) is 5.57. The van der Waals surface area contributed by atoms with Gasteiger partial charge >= 0.3 is 0 Å². The number of carbonyl (C=O) groups is 1. The van der Waals surface area contributed by atoms with E-state index in [2.05, 4.69) is 19.2 Å². The molecule has 2 saturated carbocycles. The maximum Gasteiger partial charge on any atom is 0.223 e. The van der Waals surface area contributed by atoms with Crippen molar-refractivity contribution in [2.24, 2.45) is 23.5 Å². The van der Waals surface area contributed by atoms with Gasteiger partial charge in [-0.15, -0.1) is 0 Å². The Labute approximate surface area is 170 Å². The number of hydrogen-bond acceptors (Lipinski definition) is 3. The van der Waals surface area contributed by atoms with Crippen molar-refractivity contribution < 1.29 is 9.90 Å². The second kappa shape index (κ2) is 9.41. The Bertz CT molecular complexity index is 623. The second-order valence-corrected chi connectivity index (χ2v) is 9.74. The van der Waals surface area contributed by atoms with Gasteiger partial charge in [0.2, 0.25) is 5.91 Å². The molecule has 2 bridgehead atoms. The summed E-state index contributed by atoms with van der Waals surface area (Å²) in [5.74, 6) is 1.33. The highest BCUT2D eigenvalue weighted by atomic mass is 16.3. The van der Waals surface area contributed by atoms with Crippen LogP contribution < -0.4 is 11.1 Å². The van der Waals surface area contributed by atoms with E-state index in [1.54, 1.807) is 0 Å². The van der Waals surface area contributed by atoms with Crippen LogP contribution in [0.25, 0.3) is 0 Å². The summed E-state index contributed by atoms with van der Waals surface area (Å²) in [6.45, 7) is 4.37. The van der Waals surface area contributed by atoms with Gasteiger partial charge in [-0.1, -0.05) is 50.6 Å². The fourth-order valence-corrected chi connectivity index (χ4v) is 5.11. The summed E-state index contributed by atoms with van der Waals surface area (Å²) < 4.78 is 0. The zero-order chi connectivity index (χ0) is 20.1. The summed E-state index contributed by atoms with van der Waals surface area (Å²) in [5.41, 5.74) is 7.46. The topological polar surface area (TPSA) is 75.3 Å². The minimum Gasteiger partial charge on any atom is -0.391 e. The Kier molecular flexibility index (Phi) is 7.16. The van der Waals surface area contributed by atoms with Crippen molar-refractivity contribution in [3.05, 3.63) is 35.9 Å². The van der Waals surface area contributed by atoms with Gasteiger partial charge in [-0.25, -0.2) is 0 Å². The van der Waals surface area contributed by atoms with Crippen molar-refractivity contribution in [3.8, 4) is 0 Å². The molecule has 4 N–H and O–H groups in total. The van der Waals surface area contributed by atoms with Crippen molar-refractivity contribution in [1.29, 1.82) is 0 Å². The summed E-state index contributed by atoms with van der Waals surface area (Å²) in [7, 11) is 0. The van der Waals surface area contributed by atoms with Crippen LogP contribution in [0.3, 0.4) is 0 Å². The van der Waals surface area contributed by atoms with Crippen molar-refractivity contribution >= 4 is 5.91 Å². The quantitative estimate of drug-likeness (QED) is 0.572. The van der Waals surface area contributed by atoms with E-state index in [-0.39, 0.29) is 23.4 Å². The third-order valence-electron chi connectivity index (χ3n) is 6.93. The van der Waals surface area contributed by atoms with Crippen LogP contribution in [-0.4, -0.2) is 28.7 Å². The molecule has 28 heavy (non-hydrogen) atoms. The summed E-state index contributed by atoms with van der Waals surface area (Å²) in [6, 6.07) is 9.67. The highest BCUT2D eigenvalue weighted by Crippen LogP contribution is 2.47. The van der Waals surface area contributed by atoms with Crippen LogP contribution in [0.4, 0.5) is 0 Å². The molecule has 0 aliphatic heterocycles. The molecule has 1 aromatic rings. The minimum absolute atomic E-state index is 0.0366. The van der Waals surface area contributed by atoms with Gasteiger partial charge in [-0.05, 0) is 68.8 Å². The maximum absolute atomic E-state index is 13.1. The van der Waals surface area contributed by atoms with Crippen LogP contribution in [0.1, 0.15) is 70.8 Å². The molecule has 0 spiro atoms. The molecule has 0 unspecified atom stereocenters. The van der Waals surface area contributed by atoms with Crippen LogP contribution in [0.5, 0.6) is 0 Å². The lowest BCUT2D eigenvalue weighted by Gasteiger charge is -2.32. The van der Waals surface area contributed by atoms with E-state index < -0.39 is 6.10 Å². The summed E-state index contributed by atoms with van der Waals surface area (Å²) in [6.07, 6.45) is 8.12. The number of aliphatic hydroxyl groups excluding tert-OH is 1. The number of rotatable bonds is 10. The molecule has 2 aliphatic rings. The first-order chi connectivity index (χ1) is 13.4. The van der Waals surface area contributed by atoms with Gasteiger partial charge in [0.25, 0.3) is 0 Å². The van der Waals surface area contributed by atoms with Gasteiger partial charge in [0.1, 0.15) is 0 Å². The molecule has 2 aliphatic carbocycles.